The van der Waals surface area contributed by atoms with E-state index >= 15 is 0 Å². The second-order valence-corrected chi connectivity index (χ2v) is 8.92. The first-order chi connectivity index (χ1) is 11.8. The van der Waals surface area contributed by atoms with E-state index in [0.29, 0.717) is 12.3 Å². The molecular formula is C18H26N4O2S. The maximum atomic E-state index is 12.4. The Morgan fingerprint density at radius 3 is 2.68 bits per heavy atom. The van der Waals surface area contributed by atoms with Gasteiger partial charge >= 0.3 is 5.69 Å². The lowest BCUT2D eigenvalue weighted by Crippen LogP contribution is -2.40. The summed E-state index contributed by atoms with van der Waals surface area (Å²) in [4.78, 5) is 26.4. The fourth-order valence-electron chi connectivity index (χ4n) is 3.30. The first-order valence-electron chi connectivity index (χ1n) is 8.81. The van der Waals surface area contributed by atoms with E-state index in [-0.39, 0.29) is 17.0 Å². The maximum absolute atomic E-state index is 12.4. The Bertz CT molecular complexity index is 762. The monoisotopic (exact) mass is 362 g/mol. The summed E-state index contributed by atoms with van der Waals surface area (Å²) in [5.74, 6) is 1.49. The number of hydrogen-bond acceptors (Lipinski definition) is 4. The van der Waals surface area contributed by atoms with Gasteiger partial charge < -0.3 is 4.90 Å². The number of carbonyl (C=O) groups excluding carboxylic acids is 1. The van der Waals surface area contributed by atoms with Crippen LogP contribution in [-0.2, 0) is 11.2 Å². The van der Waals surface area contributed by atoms with Gasteiger partial charge in [0, 0.05) is 25.9 Å². The van der Waals surface area contributed by atoms with Crippen molar-refractivity contribution >= 4 is 17.2 Å². The molecule has 136 valence electrons. The summed E-state index contributed by atoms with van der Waals surface area (Å²) < 4.78 is 1.67. The third kappa shape index (κ3) is 4.39. The van der Waals surface area contributed by atoms with Crippen LogP contribution in [0.4, 0.5) is 0 Å². The zero-order valence-electron chi connectivity index (χ0n) is 15.1. The molecule has 1 aliphatic heterocycles. The minimum absolute atomic E-state index is 0.0275. The Balaban J connectivity index is 1.60. The van der Waals surface area contributed by atoms with Crippen LogP contribution in [0, 0.1) is 11.3 Å². The Labute approximate surface area is 151 Å². The number of amides is 1. The number of H-pyrrole nitrogens is 1. The fraction of sp³-hybridized carbons (Fsp3) is 0.611. The van der Waals surface area contributed by atoms with E-state index in [0.717, 1.165) is 43.2 Å². The zero-order valence-corrected chi connectivity index (χ0v) is 15.9. The molecule has 1 amide bonds. The first kappa shape index (κ1) is 17.9. The van der Waals surface area contributed by atoms with Gasteiger partial charge in [-0.25, -0.2) is 14.5 Å². The molecule has 3 heterocycles. The van der Waals surface area contributed by atoms with Gasteiger partial charge in [-0.3, -0.25) is 4.79 Å². The number of aromatic amines is 1. The van der Waals surface area contributed by atoms with Crippen molar-refractivity contribution < 1.29 is 4.79 Å². The Hall–Kier alpha value is -1.89. The predicted molar refractivity (Wildman–Crippen MR) is 99.1 cm³/mol. The van der Waals surface area contributed by atoms with Crippen LogP contribution in [-0.4, -0.2) is 38.7 Å². The summed E-state index contributed by atoms with van der Waals surface area (Å²) in [6.45, 7) is 7.89. The topological polar surface area (TPSA) is 71.0 Å². The SMILES string of the molecule is CC(C)(C)CC(=O)N1CCC(Cc2n[nH]c(=O)n2-c2cccs2)CC1. The van der Waals surface area contributed by atoms with Crippen LogP contribution in [0.25, 0.3) is 5.00 Å². The molecule has 3 rings (SSSR count). The van der Waals surface area contributed by atoms with Gasteiger partial charge in [0.15, 0.2) is 0 Å². The van der Waals surface area contributed by atoms with E-state index in [1.54, 1.807) is 4.57 Å². The van der Waals surface area contributed by atoms with Crippen molar-refractivity contribution in [2.45, 2.75) is 46.5 Å². The molecule has 1 aliphatic rings. The van der Waals surface area contributed by atoms with Crippen molar-refractivity contribution in [3.63, 3.8) is 0 Å². The van der Waals surface area contributed by atoms with E-state index in [9.17, 15) is 9.59 Å². The Kier molecular flexibility index (Phi) is 5.13. The van der Waals surface area contributed by atoms with Crippen molar-refractivity contribution in [1.82, 2.24) is 19.7 Å². The van der Waals surface area contributed by atoms with E-state index in [4.69, 9.17) is 0 Å². The number of piperidine rings is 1. The molecule has 0 bridgehead atoms. The fourth-order valence-corrected chi connectivity index (χ4v) is 4.05. The molecule has 0 unspecified atom stereocenters. The van der Waals surface area contributed by atoms with Crippen LogP contribution >= 0.6 is 11.3 Å². The third-order valence-corrected chi connectivity index (χ3v) is 5.44. The highest BCUT2D eigenvalue weighted by molar-refractivity contribution is 7.12. The number of nitrogens with one attached hydrogen (secondary N) is 1. The molecule has 0 saturated carbocycles. The zero-order chi connectivity index (χ0) is 18.0. The van der Waals surface area contributed by atoms with Crippen molar-refractivity contribution in [3.8, 4) is 5.00 Å². The Morgan fingerprint density at radius 1 is 1.36 bits per heavy atom. The largest absolute Gasteiger partial charge is 0.348 e. The highest BCUT2D eigenvalue weighted by Gasteiger charge is 2.27. The summed E-state index contributed by atoms with van der Waals surface area (Å²) in [5.41, 5.74) is -0.157. The van der Waals surface area contributed by atoms with Crippen LogP contribution in [0.3, 0.4) is 0 Å². The van der Waals surface area contributed by atoms with Gasteiger partial charge in [-0.2, -0.15) is 5.10 Å². The maximum Gasteiger partial charge on any atom is 0.348 e. The van der Waals surface area contributed by atoms with Gasteiger partial charge in [0.05, 0.1) is 0 Å². The van der Waals surface area contributed by atoms with Crippen LogP contribution < -0.4 is 5.69 Å². The van der Waals surface area contributed by atoms with E-state index in [2.05, 4.69) is 31.0 Å². The smallest absolute Gasteiger partial charge is 0.343 e. The standard InChI is InChI=1S/C18H26N4O2S/c1-18(2,3)12-15(23)21-8-6-13(7-9-21)11-14-19-20-17(24)22(14)16-5-4-10-25-16/h4-5,10,13H,6-9,11-12H2,1-3H3,(H,20,24). The van der Waals surface area contributed by atoms with E-state index in [1.165, 1.54) is 11.3 Å². The Morgan fingerprint density at radius 2 is 2.08 bits per heavy atom. The lowest BCUT2D eigenvalue weighted by molar-refractivity contribution is -0.134. The van der Waals surface area contributed by atoms with Gasteiger partial charge in [0.2, 0.25) is 5.91 Å². The summed E-state index contributed by atoms with van der Waals surface area (Å²) in [6.07, 6.45) is 3.27. The minimum atomic E-state index is -0.185. The van der Waals surface area contributed by atoms with Crippen molar-refractivity contribution in [2.24, 2.45) is 11.3 Å². The highest BCUT2D eigenvalue weighted by Crippen LogP contribution is 2.25. The molecule has 1 N–H and O–H groups in total. The number of thiophene rings is 1. The summed E-state index contributed by atoms with van der Waals surface area (Å²) in [6, 6.07) is 3.86. The molecule has 2 aromatic heterocycles. The normalized spacial score (nSPS) is 16.4. The molecule has 0 radical (unpaired) electrons. The van der Waals surface area contributed by atoms with Crippen molar-refractivity contribution in [1.29, 1.82) is 0 Å². The molecule has 0 aliphatic carbocycles. The molecule has 2 aromatic rings. The predicted octanol–water partition coefficient (Wildman–Crippen LogP) is 2.84. The van der Waals surface area contributed by atoms with Gasteiger partial charge in [-0.15, -0.1) is 11.3 Å². The molecular weight excluding hydrogens is 336 g/mol. The average Bonchev–Trinajstić information content (AvgIpc) is 3.16. The third-order valence-electron chi connectivity index (χ3n) is 4.59. The molecule has 6 nitrogen and oxygen atoms in total. The quantitative estimate of drug-likeness (QED) is 0.909. The highest BCUT2D eigenvalue weighted by atomic mass is 32.1. The van der Waals surface area contributed by atoms with Crippen molar-refractivity contribution in [2.75, 3.05) is 13.1 Å². The summed E-state index contributed by atoms with van der Waals surface area (Å²) >= 11 is 1.53. The number of hydrogen-bond donors (Lipinski definition) is 1. The lowest BCUT2D eigenvalue weighted by atomic mass is 9.89. The average molecular weight is 362 g/mol. The van der Waals surface area contributed by atoms with Crippen LogP contribution in [0.1, 0.15) is 45.9 Å². The lowest BCUT2D eigenvalue weighted by Gasteiger charge is -2.33. The molecule has 1 saturated heterocycles. The van der Waals surface area contributed by atoms with Crippen LogP contribution in [0.5, 0.6) is 0 Å². The van der Waals surface area contributed by atoms with Gasteiger partial charge in [-0.05, 0) is 41.7 Å². The van der Waals surface area contributed by atoms with Gasteiger partial charge in [0.25, 0.3) is 0 Å². The number of aromatic nitrogens is 3. The number of carbonyl (C=O) groups is 1. The van der Waals surface area contributed by atoms with Gasteiger partial charge in [0.1, 0.15) is 10.8 Å². The second-order valence-electron chi connectivity index (χ2n) is 8.00. The molecule has 0 atom stereocenters. The summed E-state index contributed by atoms with van der Waals surface area (Å²) in [5, 5.41) is 9.64. The number of nitrogens with zero attached hydrogens (tertiary/aromatic N) is 3. The molecule has 0 spiro atoms. The molecule has 0 aromatic carbocycles. The van der Waals surface area contributed by atoms with E-state index < -0.39 is 0 Å². The molecule has 1 fully saturated rings. The first-order valence-corrected chi connectivity index (χ1v) is 9.69. The molecule has 7 heteroatoms. The second kappa shape index (κ2) is 7.15. The van der Waals surface area contributed by atoms with Crippen LogP contribution in [0.15, 0.2) is 22.3 Å². The minimum Gasteiger partial charge on any atom is -0.343 e. The van der Waals surface area contributed by atoms with Gasteiger partial charge in [-0.1, -0.05) is 20.8 Å². The number of likely N-dealkylation sites (tertiary alicyclic amines) is 1. The number of rotatable bonds is 4. The van der Waals surface area contributed by atoms with Crippen molar-refractivity contribution in [3.05, 3.63) is 33.8 Å². The molecule has 25 heavy (non-hydrogen) atoms. The summed E-state index contributed by atoms with van der Waals surface area (Å²) in [7, 11) is 0. The van der Waals surface area contributed by atoms with Crippen LogP contribution in [0.2, 0.25) is 0 Å². The van der Waals surface area contributed by atoms with E-state index in [1.807, 2.05) is 22.4 Å².